The molecule has 126 valence electrons. The van der Waals surface area contributed by atoms with E-state index in [2.05, 4.69) is 10.6 Å². The average Bonchev–Trinajstić information content (AvgIpc) is 2.60. The van der Waals surface area contributed by atoms with E-state index in [4.69, 9.17) is 9.84 Å². The van der Waals surface area contributed by atoms with Crippen molar-refractivity contribution >= 4 is 12.0 Å². The molecule has 0 bridgehead atoms. The van der Waals surface area contributed by atoms with Crippen molar-refractivity contribution in [2.45, 2.75) is 19.1 Å². The topological polar surface area (TPSA) is 87.7 Å². The molecule has 0 saturated carbocycles. The van der Waals surface area contributed by atoms with E-state index >= 15 is 0 Å². The number of carbonyl (C=O) groups is 2. The first-order valence-corrected chi connectivity index (χ1v) is 7.55. The Labute approximate surface area is 140 Å². The summed E-state index contributed by atoms with van der Waals surface area (Å²) in [5, 5.41) is 13.5. The SMILES string of the molecule is CNC(=O)[C@H](Cc1ccc(OCc2ccccc2)cc1)NC(=O)O. The largest absolute Gasteiger partial charge is 0.489 e. The molecule has 0 aliphatic rings. The minimum atomic E-state index is -1.23. The van der Waals surface area contributed by atoms with Crippen molar-refractivity contribution in [2.24, 2.45) is 0 Å². The van der Waals surface area contributed by atoms with Crippen LogP contribution in [-0.2, 0) is 17.8 Å². The van der Waals surface area contributed by atoms with E-state index < -0.39 is 12.1 Å². The summed E-state index contributed by atoms with van der Waals surface area (Å²) in [7, 11) is 1.47. The molecular weight excluding hydrogens is 308 g/mol. The zero-order valence-corrected chi connectivity index (χ0v) is 13.4. The highest BCUT2D eigenvalue weighted by atomic mass is 16.5. The smallest absolute Gasteiger partial charge is 0.405 e. The van der Waals surface area contributed by atoms with Gasteiger partial charge < -0.3 is 20.5 Å². The summed E-state index contributed by atoms with van der Waals surface area (Å²) in [5.74, 6) is 0.340. The van der Waals surface area contributed by atoms with Crippen LogP contribution in [0.5, 0.6) is 5.75 Å². The molecule has 2 rings (SSSR count). The molecule has 0 radical (unpaired) electrons. The first kappa shape index (κ1) is 17.3. The van der Waals surface area contributed by atoms with Crippen LogP contribution in [0.2, 0.25) is 0 Å². The Morgan fingerprint density at radius 2 is 1.71 bits per heavy atom. The Morgan fingerprint density at radius 3 is 2.29 bits per heavy atom. The molecule has 1 atom stereocenters. The molecule has 2 amide bonds. The van der Waals surface area contributed by atoms with E-state index in [9.17, 15) is 9.59 Å². The molecule has 2 aromatic rings. The van der Waals surface area contributed by atoms with E-state index in [1.165, 1.54) is 7.05 Å². The molecule has 3 N–H and O–H groups in total. The maximum atomic E-state index is 11.7. The number of carboxylic acid groups (broad SMARTS) is 1. The lowest BCUT2D eigenvalue weighted by atomic mass is 10.1. The molecule has 6 nitrogen and oxygen atoms in total. The summed E-state index contributed by atoms with van der Waals surface area (Å²) in [6, 6.07) is 16.3. The van der Waals surface area contributed by atoms with Crippen molar-refractivity contribution in [3.8, 4) is 5.75 Å². The van der Waals surface area contributed by atoms with Crippen LogP contribution < -0.4 is 15.4 Å². The van der Waals surface area contributed by atoms with Crippen molar-refractivity contribution in [3.05, 3.63) is 65.7 Å². The van der Waals surface area contributed by atoms with Crippen LogP contribution >= 0.6 is 0 Å². The van der Waals surface area contributed by atoms with Gasteiger partial charge in [-0.15, -0.1) is 0 Å². The van der Waals surface area contributed by atoms with Crippen LogP contribution in [-0.4, -0.2) is 30.2 Å². The number of likely N-dealkylation sites (N-methyl/N-ethyl adjacent to an activating group) is 1. The maximum absolute atomic E-state index is 11.7. The van der Waals surface area contributed by atoms with Crippen LogP contribution in [0.25, 0.3) is 0 Å². The number of rotatable bonds is 7. The van der Waals surface area contributed by atoms with E-state index in [-0.39, 0.29) is 12.3 Å². The monoisotopic (exact) mass is 328 g/mol. The minimum Gasteiger partial charge on any atom is -0.489 e. The summed E-state index contributed by atoms with van der Waals surface area (Å²) < 4.78 is 5.70. The Balaban J connectivity index is 1.95. The fraction of sp³-hybridized carbons (Fsp3) is 0.222. The van der Waals surface area contributed by atoms with Crippen LogP contribution in [0, 0.1) is 0 Å². The summed E-state index contributed by atoms with van der Waals surface area (Å²) in [5.41, 5.74) is 1.91. The summed E-state index contributed by atoms with van der Waals surface area (Å²) >= 11 is 0. The fourth-order valence-corrected chi connectivity index (χ4v) is 2.23. The highest BCUT2D eigenvalue weighted by molar-refractivity contribution is 5.85. The Bertz CT molecular complexity index is 671. The molecule has 0 fully saturated rings. The molecule has 0 spiro atoms. The summed E-state index contributed by atoms with van der Waals surface area (Å²) in [6.45, 7) is 0.474. The number of amides is 2. The quantitative estimate of drug-likeness (QED) is 0.727. The van der Waals surface area contributed by atoms with Gasteiger partial charge in [0.1, 0.15) is 18.4 Å². The van der Waals surface area contributed by atoms with Gasteiger partial charge in [-0.05, 0) is 23.3 Å². The van der Waals surface area contributed by atoms with Gasteiger partial charge in [0, 0.05) is 13.5 Å². The highest BCUT2D eigenvalue weighted by Gasteiger charge is 2.19. The molecule has 0 saturated heterocycles. The van der Waals surface area contributed by atoms with Crippen molar-refractivity contribution < 1.29 is 19.4 Å². The molecule has 0 aliphatic carbocycles. The van der Waals surface area contributed by atoms with E-state index in [1.54, 1.807) is 12.1 Å². The lowest BCUT2D eigenvalue weighted by Gasteiger charge is -2.15. The number of ether oxygens (including phenoxy) is 1. The van der Waals surface area contributed by atoms with Gasteiger partial charge >= 0.3 is 6.09 Å². The third-order valence-electron chi connectivity index (χ3n) is 3.47. The number of carbonyl (C=O) groups excluding carboxylic acids is 1. The third kappa shape index (κ3) is 5.31. The number of nitrogens with one attached hydrogen (secondary N) is 2. The molecular formula is C18H20N2O4. The number of benzene rings is 2. The molecule has 0 aromatic heterocycles. The lowest BCUT2D eigenvalue weighted by molar-refractivity contribution is -0.122. The van der Waals surface area contributed by atoms with Gasteiger partial charge in [-0.25, -0.2) is 4.79 Å². The predicted octanol–water partition coefficient (Wildman–Crippen LogP) is 2.19. The second-order valence-corrected chi connectivity index (χ2v) is 5.24. The van der Waals surface area contributed by atoms with Crippen LogP contribution in [0.4, 0.5) is 4.79 Å². The Kier molecular flexibility index (Phi) is 6.19. The summed E-state index contributed by atoms with van der Waals surface area (Å²) in [4.78, 5) is 22.5. The first-order chi connectivity index (χ1) is 11.6. The molecule has 0 heterocycles. The van der Waals surface area contributed by atoms with Crippen molar-refractivity contribution in [1.29, 1.82) is 0 Å². The average molecular weight is 328 g/mol. The molecule has 6 heteroatoms. The zero-order chi connectivity index (χ0) is 17.4. The number of hydrogen-bond acceptors (Lipinski definition) is 3. The molecule has 24 heavy (non-hydrogen) atoms. The Hall–Kier alpha value is -3.02. The number of hydrogen-bond donors (Lipinski definition) is 3. The van der Waals surface area contributed by atoms with Gasteiger partial charge in [-0.2, -0.15) is 0 Å². The minimum absolute atomic E-state index is 0.269. The van der Waals surface area contributed by atoms with Gasteiger partial charge in [0.2, 0.25) is 5.91 Å². The van der Waals surface area contributed by atoms with Crippen molar-refractivity contribution in [3.63, 3.8) is 0 Å². The van der Waals surface area contributed by atoms with Gasteiger partial charge in [0.25, 0.3) is 0 Å². The zero-order valence-electron chi connectivity index (χ0n) is 13.4. The van der Waals surface area contributed by atoms with Crippen LogP contribution in [0.3, 0.4) is 0 Å². The van der Waals surface area contributed by atoms with Gasteiger partial charge in [0.05, 0.1) is 0 Å². The van der Waals surface area contributed by atoms with E-state index in [0.717, 1.165) is 11.1 Å². The highest BCUT2D eigenvalue weighted by Crippen LogP contribution is 2.15. The fourth-order valence-electron chi connectivity index (χ4n) is 2.23. The van der Waals surface area contributed by atoms with Gasteiger partial charge in [-0.3, -0.25) is 4.79 Å². The second-order valence-electron chi connectivity index (χ2n) is 5.24. The molecule has 0 unspecified atom stereocenters. The van der Waals surface area contributed by atoms with E-state index in [0.29, 0.717) is 12.4 Å². The molecule has 0 aliphatic heterocycles. The second kappa shape index (κ2) is 8.57. The lowest BCUT2D eigenvalue weighted by Crippen LogP contribution is -2.46. The third-order valence-corrected chi connectivity index (χ3v) is 3.47. The van der Waals surface area contributed by atoms with Crippen molar-refractivity contribution in [1.82, 2.24) is 10.6 Å². The standard InChI is InChI=1S/C18H20N2O4/c1-19-17(21)16(20-18(22)23)11-13-7-9-15(10-8-13)24-12-14-5-3-2-4-6-14/h2-10,16,20H,11-12H2,1H3,(H,19,21)(H,22,23)/t16-/m0/s1. The molecule has 2 aromatic carbocycles. The van der Waals surface area contributed by atoms with Crippen LogP contribution in [0.1, 0.15) is 11.1 Å². The van der Waals surface area contributed by atoms with E-state index in [1.807, 2.05) is 42.5 Å². The van der Waals surface area contributed by atoms with Gasteiger partial charge in [0.15, 0.2) is 0 Å². The maximum Gasteiger partial charge on any atom is 0.405 e. The van der Waals surface area contributed by atoms with Gasteiger partial charge in [-0.1, -0.05) is 42.5 Å². The Morgan fingerprint density at radius 1 is 1.04 bits per heavy atom. The normalized spacial score (nSPS) is 11.4. The predicted molar refractivity (Wildman–Crippen MR) is 89.9 cm³/mol. The summed E-state index contributed by atoms with van der Waals surface area (Å²) in [6.07, 6.45) is -0.961. The van der Waals surface area contributed by atoms with Crippen LogP contribution in [0.15, 0.2) is 54.6 Å². The van der Waals surface area contributed by atoms with Crippen molar-refractivity contribution in [2.75, 3.05) is 7.05 Å². The first-order valence-electron chi connectivity index (χ1n) is 7.55.